The quantitative estimate of drug-likeness (QED) is 0.662. The van der Waals surface area contributed by atoms with Crippen LogP contribution in [0.1, 0.15) is 19.8 Å². The standard InChI is InChI=1S/C10H20N2O4S2/c1-8(9(11)17)18(14,15)12(2)7-10(13)3-5-16-6-4-10/h8,13H,3-7H2,1-2H3,(H2,11,17). The summed E-state index contributed by atoms with van der Waals surface area (Å²) in [5.74, 6) is 0. The van der Waals surface area contributed by atoms with Crippen LogP contribution in [0.3, 0.4) is 0 Å². The zero-order valence-electron chi connectivity index (χ0n) is 10.6. The third-order valence-corrected chi connectivity index (χ3v) is 5.87. The molecule has 0 aromatic heterocycles. The van der Waals surface area contributed by atoms with E-state index in [1.165, 1.54) is 14.0 Å². The highest BCUT2D eigenvalue weighted by Gasteiger charge is 2.36. The van der Waals surface area contributed by atoms with Crippen molar-refractivity contribution >= 4 is 27.2 Å². The summed E-state index contributed by atoms with van der Waals surface area (Å²) in [6.45, 7) is 2.36. The van der Waals surface area contributed by atoms with E-state index < -0.39 is 20.9 Å². The van der Waals surface area contributed by atoms with Gasteiger partial charge in [0.25, 0.3) is 0 Å². The molecule has 0 bridgehead atoms. The van der Waals surface area contributed by atoms with Crippen LogP contribution in [-0.4, -0.2) is 60.5 Å². The van der Waals surface area contributed by atoms with E-state index in [0.717, 1.165) is 4.31 Å². The molecule has 0 radical (unpaired) electrons. The Hall–Kier alpha value is -0.280. The van der Waals surface area contributed by atoms with E-state index in [2.05, 4.69) is 0 Å². The van der Waals surface area contributed by atoms with Crippen molar-refractivity contribution in [3.8, 4) is 0 Å². The third-order valence-electron chi connectivity index (χ3n) is 3.22. The van der Waals surface area contributed by atoms with E-state index in [1.807, 2.05) is 0 Å². The van der Waals surface area contributed by atoms with Crippen molar-refractivity contribution in [3.05, 3.63) is 0 Å². The molecule has 8 heteroatoms. The molecule has 1 aliphatic heterocycles. The van der Waals surface area contributed by atoms with Crippen molar-refractivity contribution in [1.82, 2.24) is 4.31 Å². The van der Waals surface area contributed by atoms with Crippen LogP contribution in [0.4, 0.5) is 0 Å². The highest BCUT2D eigenvalue weighted by molar-refractivity contribution is 7.92. The van der Waals surface area contributed by atoms with Gasteiger partial charge in [-0.3, -0.25) is 0 Å². The summed E-state index contributed by atoms with van der Waals surface area (Å²) in [5, 5.41) is 9.35. The molecule has 1 rings (SSSR count). The second kappa shape index (κ2) is 5.79. The largest absolute Gasteiger partial charge is 0.392 e. The lowest BCUT2D eigenvalue weighted by molar-refractivity contribution is -0.0689. The van der Waals surface area contributed by atoms with Crippen molar-refractivity contribution in [1.29, 1.82) is 0 Å². The van der Waals surface area contributed by atoms with Gasteiger partial charge in [-0.1, -0.05) is 12.2 Å². The first-order valence-corrected chi connectivity index (χ1v) is 7.65. The molecule has 1 unspecified atom stereocenters. The van der Waals surface area contributed by atoms with Gasteiger partial charge >= 0.3 is 0 Å². The number of nitrogens with two attached hydrogens (primary N) is 1. The second-order valence-electron chi connectivity index (χ2n) is 4.68. The predicted octanol–water partition coefficient (Wildman–Crippen LogP) is -0.536. The number of sulfonamides is 1. The van der Waals surface area contributed by atoms with Crippen LogP contribution >= 0.6 is 12.2 Å². The number of hydrogen-bond donors (Lipinski definition) is 2. The molecule has 0 aromatic rings. The minimum atomic E-state index is -3.61. The Balaban J connectivity index is 2.75. The van der Waals surface area contributed by atoms with Crippen LogP contribution in [0.15, 0.2) is 0 Å². The van der Waals surface area contributed by atoms with Crippen LogP contribution in [0.2, 0.25) is 0 Å². The van der Waals surface area contributed by atoms with Crippen LogP contribution in [-0.2, 0) is 14.8 Å². The summed E-state index contributed by atoms with van der Waals surface area (Å²) in [6.07, 6.45) is 0.850. The number of thiocarbonyl (C=S) groups is 1. The molecule has 1 atom stereocenters. The molecule has 0 aliphatic carbocycles. The molecule has 1 heterocycles. The second-order valence-corrected chi connectivity index (χ2v) is 7.51. The lowest BCUT2D eigenvalue weighted by Crippen LogP contribution is -2.50. The highest BCUT2D eigenvalue weighted by atomic mass is 32.2. The Bertz CT molecular complexity index is 404. The van der Waals surface area contributed by atoms with Gasteiger partial charge in [-0.05, 0) is 6.92 Å². The van der Waals surface area contributed by atoms with Gasteiger partial charge < -0.3 is 15.6 Å². The fourth-order valence-electron chi connectivity index (χ4n) is 1.83. The molecular formula is C10H20N2O4S2. The molecular weight excluding hydrogens is 276 g/mol. The van der Waals surface area contributed by atoms with Gasteiger partial charge in [0.1, 0.15) is 5.25 Å². The fraction of sp³-hybridized carbons (Fsp3) is 0.900. The Morgan fingerprint density at radius 2 is 2.06 bits per heavy atom. The molecule has 18 heavy (non-hydrogen) atoms. The average Bonchev–Trinajstić information content (AvgIpc) is 2.28. The van der Waals surface area contributed by atoms with E-state index in [0.29, 0.717) is 26.1 Å². The smallest absolute Gasteiger partial charge is 0.223 e. The van der Waals surface area contributed by atoms with E-state index in [9.17, 15) is 13.5 Å². The molecule has 1 fully saturated rings. The monoisotopic (exact) mass is 296 g/mol. The molecule has 1 saturated heterocycles. The molecule has 3 N–H and O–H groups in total. The van der Waals surface area contributed by atoms with Crippen molar-refractivity contribution in [2.24, 2.45) is 5.73 Å². The van der Waals surface area contributed by atoms with Gasteiger partial charge in [0.05, 0.1) is 10.6 Å². The number of likely N-dealkylation sites (N-methyl/N-ethyl adjacent to an activating group) is 1. The summed E-state index contributed by atoms with van der Waals surface area (Å²) in [6, 6.07) is 0. The van der Waals surface area contributed by atoms with Crippen LogP contribution in [0.5, 0.6) is 0 Å². The first kappa shape index (κ1) is 15.8. The molecule has 1 aliphatic rings. The molecule has 0 spiro atoms. The first-order valence-electron chi connectivity index (χ1n) is 5.74. The minimum absolute atomic E-state index is 0.0334. The molecule has 0 amide bonds. The fourth-order valence-corrected chi connectivity index (χ4v) is 3.45. The Morgan fingerprint density at radius 3 is 2.50 bits per heavy atom. The Kier molecular flexibility index (Phi) is 5.07. The zero-order chi connectivity index (χ0) is 14.0. The van der Waals surface area contributed by atoms with Crippen molar-refractivity contribution < 1.29 is 18.3 Å². The molecule has 0 aromatic carbocycles. The van der Waals surface area contributed by atoms with Gasteiger partial charge in [-0.25, -0.2) is 12.7 Å². The number of ether oxygens (including phenoxy) is 1. The van der Waals surface area contributed by atoms with Gasteiger partial charge in [-0.15, -0.1) is 0 Å². The number of aliphatic hydroxyl groups is 1. The maximum Gasteiger partial charge on any atom is 0.223 e. The maximum atomic E-state index is 12.1. The summed E-state index contributed by atoms with van der Waals surface area (Å²) >= 11 is 4.71. The van der Waals surface area contributed by atoms with E-state index in [4.69, 9.17) is 22.7 Å². The molecule has 106 valence electrons. The lowest BCUT2D eigenvalue weighted by Gasteiger charge is -2.35. The van der Waals surface area contributed by atoms with E-state index in [-0.39, 0.29) is 11.5 Å². The summed E-state index contributed by atoms with van der Waals surface area (Å²) in [5.41, 5.74) is 4.34. The van der Waals surface area contributed by atoms with Crippen LogP contribution in [0, 0.1) is 0 Å². The van der Waals surface area contributed by atoms with Crippen molar-refractivity contribution in [2.75, 3.05) is 26.8 Å². The summed E-state index contributed by atoms with van der Waals surface area (Å²) < 4.78 is 30.5. The van der Waals surface area contributed by atoms with Crippen molar-refractivity contribution in [2.45, 2.75) is 30.6 Å². The zero-order valence-corrected chi connectivity index (χ0v) is 12.3. The maximum absolute atomic E-state index is 12.1. The lowest BCUT2D eigenvalue weighted by atomic mass is 9.95. The SMILES string of the molecule is CC(C(N)=S)S(=O)(=O)N(C)CC1(O)CCOCC1. The highest BCUT2D eigenvalue weighted by Crippen LogP contribution is 2.23. The normalized spacial score (nSPS) is 21.8. The predicted molar refractivity (Wildman–Crippen MR) is 72.8 cm³/mol. The van der Waals surface area contributed by atoms with Crippen LogP contribution < -0.4 is 5.73 Å². The van der Waals surface area contributed by atoms with E-state index in [1.54, 1.807) is 0 Å². The molecule has 0 saturated carbocycles. The summed E-state index contributed by atoms with van der Waals surface area (Å²) in [7, 11) is -2.18. The Labute approximate surface area is 113 Å². The number of hydrogen-bond acceptors (Lipinski definition) is 5. The minimum Gasteiger partial charge on any atom is -0.392 e. The first-order chi connectivity index (χ1) is 8.19. The van der Waals surface area contributed by atoms with Crippen LogP contribution in [0.25, 0.3) is 0 Å². The molecule has 6 nitrogen and oxygen atoms in total. The number of rotatable bonds is 5. The van der Waals surface area contributed by atoms with Crippen molar-refractivity contribution in [3.63, 3.8) is 0 Å². The topological polar surface area (TPSA) is 92.9 Å². The summed E-state index contributed by atoms with van der Waals surface area (Å²) in [4.78, 5) is -0.0687. The third kappa shape index (κ3) is 3.61. The van der Waals surface area contributed by atoms with Gasteiger partial charge in [-0.2, -0.15) is 0 Å². The number of nitrogens with zero attached hydrogens (tertiary/aromatic N) is 1. The van der Waals surface area contributed by atoms with Gasteiger partial charge in [0.15, 0.2) is 0 Å². The Morgan fingerprint density at radius 1 is 1.56 bits per heavy atom. The van der Waals surface area contributed by atoms with E-state index >= 15 is 0 Å². The van der Waals surface area contributed by atoms with Gasteiger partial charge in [0, 0.05) is 39.6 Å². The van der Waals surface area contributed by atoms with Gasteiger partial charge in [0.2, 0.25) is 10.0 Å². The average molecular weight is 296 g/mol.